The largest absolute Gasteiger partial charge is 0.383 e. The fraction of sp³-hybridized carbons (Fsp3) is 0.154. The monoisotopic (exact) mass is 226 g/mol. The van der Waals surface area contributed by atoms with E-state index in [1.165, 1.54) is 11.9 Å². The van der Waals surface area contributed by atoms with Gasteiger partial charge in [0, 0.05) is 19.7 Å². The third kappa shape index (κ3) is 2.66. The third-order valence-electron chi connectivity index (χ3n) is 2.47. The molecule has 4 heteroatoms. The lowest BCUT2D eigenvalue weighted by Gasteiger charge is -2.06. The summed E-state index contributed by atoms with van der Waals surface area (Å²) in [4.78, 5) is 12.2. The summed E-state index contributed by atoms with van der Waals surface area (Å²) < 4.78 is 0. The first kappa shape index (κ1) is 11.3. The van der Waals surface area contributed by atoms with Crippen molar-refractivity contribution in [1.29, 1.82) is 0 Å². The average molecular weight is 226 g/mol. The first-order valence-corrected chi connectivity index (χ1v) is 5.36. The molecule has 0 aliphatic heterocycles. The topological polar surface area (TPSA) is 64.2 Å². The maximum Gasteiger partial charge on any atom is 0.135 e. The molecule has 0 spiro atoms. The highest BCUT2D eigenvalue weighted by atomic mass is 14.9. The van der Waals surface area contributed by atoms with Crippen LogP contribution in [0.15, 0.2) is 41.7 Å². The maximum atomic E-state index is 5.82. The summed E-state index contributed by atoms with van der Waals surface area (Å²) in [6.07, 6.45) is 3.92. The zero-order valence-corrected chi connectivity index (χ0v) is 9.67. The van der Waals surface area contributed by atoms with Gasteiger partial charge in [0.2, 0.25) is 0 Å². The summed E-state index contributed by atoms with van der Waals surface area (Å²) in [5, 5.41) is 0. The normalized spacial score (nSPS) is 10.9. The van der Waals surface area contributed by atoms with Crippen LogP contribution >= 0.6 is 0 Å². The molecule has 86 valence electrons. The quantitative estimate of drug-likeness (QED) is 0.810. The molecule has 2 aromatic rings. The fourth-order valence-corrected chi connectivity index (χ4v) is 1.65. The molecule has 0 bridgehead atoms. The van der Waals surface area contributed by atoms with Crippen LogP contribution in [0, 0.1) is 0 Å². The number of anilines is 1. The van der Waals surface area contributed by atoms with Crippen LogP contribution < -0.4 is 5.73 Å². The third-order valence-corrected chi connectivity index (χ3v) is 2.47. The number of hydrogen-bond acceptors (Lipinski definition) is 4. The molecule has 1 heterocycles. The molecule has 0 saturated heterocycles. The van der Waals surface area contributed by atoms with Crippen LogP contribution in [0.25, 0.3) is 0 Å². The van der Waals surface area contributed by atoms with Crippen molar-refractivity contribution in [3.05, 3.63) is 53.5 Å². The van der Waals surface area contributed by atoms with Crippen molar-refractivity contribution in [2.45, 2.75) is 6.42 Å². The minimum Gasteiger partial charge on any atom is -0.383 e. The Morgan fingerprint density at radius 2 is 2.00 bits per heavy atom. The van der Waals surface area contributed by atoms with E-state index >= 15 is 0 Å². The van der Waals surface area contributed by atoms with Gasteiger partial charge in [-0.2, -0.15) is 0 Å². The molecule has 2 rings (SSSR count). The SMILES string of the molecule is CN=Cc1c(N)ncnc1Cc1ccccc1. The molecular formula is C13H14N4. The summed E-state index contributed by atoms with van der Waals surface area (Å²) in [7, 11) is 1.71. The van der Waals surface area contributed by atoms with Crippen LogP contribution in [0.2, 0.25) is 0 Å². The second-order valence-electron chi connectivity index (χ2n) is 3.67. The lowest BCUT2D eigenvalue weighted by Crippen LogP contribution is -2.05. The van der Waals surface area contributed by atoms with Crippen molar-refractivity contribution in [3.8, 4) is 0 Å². The Hall–Kier alpha value is -2.23. The molecule has 17 heavy (non-hydrogen) atoms. The zero-order valence-electron chi connectivity index (χ0n) is 9.67. The van der Waals surface area contributed by atoms with Crippen molar-refractivity contribution in [1.82, 2.24) is 9.97 Å². The Labute approximate surface area is 100 Å². The summed E-state index contributed by atoms with van der Waals surface area (Å²) in [5.41, 5.74) is 8.71. The summed E-state index contributed by atoms with van der Waals surface area (Å²) in [6.45, 7) is 0. The van der Waals surface area contributed by atoms with Gasteiger partial charge in [0.05, 0.1) is 11.3 Å². The fourth-order valence-electron chi connectivity index (χ4n) is 1.65. The zero-order chi connectivity index (χ0) is 12.1. The van der Waals surface area contributed by atoms with Gasteiger partial charge in [-0.15, -0.1) is 0 Å². The van der Waals surface area contributed by atoms with Gasteiger partial charge < -0.3 is 5.73 Å². The molecule has 4 nitrogen and oxygen atoms in total. The van der Waals surface area contributed by atoms with Crippen molar-refractivity contribution in [3.63, 3.8) is 0 Å². The number of aromatic nitrogens is 2. The van der Waals surface area contributed by atoms with Gasteiger partial charge in [-0.1, -0.05) is 30.3 Å². The lowest BCUT2D eigenvalue weighted by molar-refractivity contribution is 1.03. The summed E-state index contributed by atoms with van der Waals surface area (Å²) >= 11 is 0. The van der Waals surface area contributed by atoms with Gasteiger partial charge >= 0.3 is 0 Å². The molecule has 0 aliphatic rings. The number of nitrogens with zero attached hydrogens (tertiary/aromatic N) is 3. The second kappa shape index (κ2) is 5.21. The second-order valence-corrected chi connectivity index (χ2v) is 3.67. The molecule has 0 aliphatic carbocycles. The predicted octanol–water partition coefficient (Wildman–Crippen LogP) is 1.70. The van der Waals surface area contributed by atoms with Gasteiger partial charge in [0.15, 0.2) is 0 Å². The van der Waals surface area contributed by atoms with E-state index in [0.717, 1.165) is 17.7 Å². The Morgan fingerprint density at radius 1 is 1.24 bits per heavy atom. The maximum absolute atomic E-state index is 5.82. The highest BCUT2D eigenvalue weighted by molar-refractivity contribution is 5.86. The van der Waals surface area contributed by atoms with Crippen molar-refractivity contribution in [2.75, 3.05) is 12.8 Å². The van der Waals surface area contributed by atoms with Gasteiger partial charge in [-0.05, 0) is 5.56 Å². The number of aliphatic imine (C=N–C) groups is 1. The number of hydrogen-bond donors (Lipinski definition) is 1. The Bertz CT molecular complexity index is 520. The van der Waals surface area contributed by atoms with E-state index in [1.54, 1.807) is 13.3 Å². The van der Waals surface area contributed by atoms with Gasteiger partial charge in [-0.3, -0.25) is 4.99 Å². The van der Waals surface area contributed by atoms with Crippen LogP contribution in [0.1, 0.15) is 16.8 Å². The Balaban J connectivity index is 2.36. The minimum absolute atomic E-state index is 0.469. The smallest absolute Gasteiger partial charge is 0.135 e. The first-order valence-electron chi connectivity index (χ1n) is 5.36. The molecule has 2 N–H and O–H groups in total. The Kier molecular flexibility index (Phi) is 3.45. The summed E-state index contributed by atoms with van der Waals surface area (Å²) in [6, 6.07) is 10.1. The molecule has 0 fully saturated rings. The van der Waals surface area contributed by atoms with E-state index in [2.05, 4.69) is 27.1 Å². The molecule has 0 unspecified atom stereocenters. The van der Waals surface area contributed by atoms with E-state index in [4.69, 9.17) is 5.73 Å². The van der Waals surface area contributed by atoms with Crippen molar-refractivity contribution in [2.24, 2.45) is 4.99 Å². The lowest BCUT2D eigenvalue weighted by atomic mass is 10.1. The highest BCUT2D eigenvalue weighted by Crippen LogP contribution is 2.14. The summed E-state index contributed by atoms with van der Waals surface area (Å²) in [5.74, 6) is 0.469. The van der Waals surface area contributed by atoms with Crippen LogP contribution in [0.4, 0.5) is 5.82 Å². The molecule has 0 radical (unpaired) electrons. The van der Waals surface area contributed by atoms with Gasteiger partial charge in [0.1, 0.15) is 12.1 Å². The molecule has 0 amide bonds. The molecule has 1 aromatic heterocycles. The van der Waals surface area contributed by atoms with E-state index in [9.17, 15) is 0 Å². The Morgan fingerprint density at radius 3 is 2.71 bits per heavy atom. The van der Waals surface area contributed by atoms with Gasteiger partial charge in [-0.25, -0.2) is 9.97 Å². The van der Waals surface area contributed by atoms with Crippen LogP contribution in [-0.2, 0) is 6.42 Å². The van der Waals surface area contributed by atoms with Crippen LogP contribution in [-0.4, -0.2) is 23.2 Å². The number of nitrogen functional groups attached to an aromatic ring is 1. The van der Waals surface area contributed by atoms with Crippen LogP contribution in [0.3, 0.4) is 0 Å². The average Bonchev–Trinajstić information content (AvgIpc) is 2.35. The van der Waals surface area contributed by atoms with Crippen LogP contribution in [0.5, 0.6) is 0 Å². The highest BCUT2D eigenvalue weighted by Gasteiger charge is 2.07. The molecule has 0 atom stereocenters. The molecular weight excluding hydrogens is 212 g/mol. The number of benzene rings is 1. The number of nitrogens with two attached hydrogens (primary N) is 1. The predicted molar refractivity (Wildman–Crippen MR) is 69.2 cm³/mol. The van der Waals surface area contributed by atoms with E-state index < -0.39 is 0 Å². The molecule has 0 saturated carbocycles. The van der Waals surface area contributed by atoms with Crippen molar-refractivity contribution >= 4 is 12.0 Å². The van der Waals surface area contributed by atoms with Crippen molar-refractivity contribution < 1.29 is 0 Å². The van der Waals surface area contributed by atoms with E-state index in [0.29, 0.717) is 5.82 Å². The van der Waals surface area contributed by atoms with E-state index in [-0.39, 0.29) is 0 Å². The van der Waals surface area contributed by atoms with Gasteiger partial charge in [0.25, 0.3) is 0 Å². The number of rotatable bonds is 3. The minimum atomic E-state index is 0.469. The molecule has 1 aromatic carbocycles. The van der Waals surface area contributed by atoms with E-state index in [1.807, 2.05) is 18.2 Å². The first-order chi connectivity index (χ1) is 8.31. The standard InChI is InChI=1S/C13H14N4/c1-15-8-11-12(16-9-17-13(11)14)7-10-5-3-2-4-6-10/h2-6,8-9H,7H2,1H3,(H2,14,16,17).